The van der Waals surface area contributed by atoms with Crippen LogP contribution in [0.4, 0.5) is 9.52 Å². The minimum atomic E-state index is -0.369. The van der Waals surface area contributed by atoms with Gasteiger partial charge >= 0.3 is 0 Å². The van der Waals surface area contributed by atoms with Crippen molar-refractivity contribution in [2.45, 2.75) is 26.9 Å². The van der Waals surface area contributed by atoms with Gasteiger partial charge < -0.3 is 9.47 Å². The highest BCUT2D eigenvalue weighted by atomic mass is 32.1. The van der Waals surface area contributed by atoms with E-state index in [0.29, 0.717) is 16.4 Å². The molecule has 27 heavy (non-hydrogen) atoms. The second-order valence-electron chi connectivity index (χ2n) is 6.00. The van der Waals surface area contributed by atoms with Crippen LogP contribution in [0.3, 0.4) is 0 Å². The van der Waals surface area contributed by atoms with Crippen molar-refractivity contribution in [1.29, 1.82) is 0 Å². The van der Waals surface area contributed by atoms with Crippen LogP contribution < -0.4 is 14.8 Å². The number of ether oxygens (including phenoxy) is 2. The minimum Gasteiger partial charge on any atom is -0.475 e. The number of aromatic nitrogens is 2. The van der Waals surface area contributed by atoms with E-state index in [1.54, 1.807) is 0 Å². The highest BCUT2D eigenvalue weighted by Gasteiger charge is 2.14. The highest BCUT2D eigenvalue weighted by Crippen LogP contribution is 2.25. The molecule has 8 heteroatoms. The van der Waals surface area contributed by atoms with Gasteiger partial charge in [-0.1, -0.05) is 0 Å². The third kappa shape index (κ3) is 5.24. The van der Waals surface area contributed by atoms with E-state index in [-0.39, 0.29) is 29.6 Å². The van der Waals surface area contributed by atoms with Gasteiger partial charge in [0.2, 0.25) is 11.8 Å². The van der Waals surface area contributed by atoms with Gasteiger partial charge in [0.1, 0.15) is 11.6 Å². The molecule has 0 radical (unpaired) electrons. The molecular formula is C19H18FN3O3S. The Hall–Kier alpha value is -3.00. The number of thiazole rings is 1. The summed E-state index contributed by atoms with van der Waals surface area (Å²) in [5, 5.41) is 5.09. The number of aryl methyl sites for hydroxylation is 1. The first-order valence-corrected chi connectivity index (χ1v) is 9.12. The molecule has 0 aliphatic carbocycles. The van der Waals surface area contributed by atoms with Crippen LogP contribution in [0.1, 0.15) is 29.9 Å². The summed E-state index contributed by atoms with van der Waals surface area (Å²) in [5.41, 5.74) is 1.14. The zero-order valence-corrected chi connectivity index (χ0v) is 15.8. The SMILES string of the molecule is Cc1csc(NC(=O)c2cc(Oc3ccc(F)cc3)nc(OC(C)C)c2)n1. The zero-order valence-electron chi connectivity index (χ0n) is 15.0. The molecule has 0 fully saturated rings. The van der Waals surface area contributed by atoms with Crippen LogP contribution in [-0.2, 0) is 0 Å². The van der Waals surface area contributed by atoms with Gasteiger partial charge in [0, 0.05) is 17.5 Å². The Kier molecular flexibility index (Phi) is 5.66. The second kappa shape index (κ2) is 8.13. The fourth-order valence-electron chi connectivity index (χ4n) is 2.17. The van der Waals surface area contributed by atoms with Crippen LogP contribution in [-0.4, -0.2) is 22.0 Å². The van der Waals surface area contributed by atoms with E-state index in [0.717, 1.165) is 5.69 Å². The number of carbonyl (C=O) groups is 1. The van der Waals surface area contributed by atoms with Crippen molar-refractivity contribution in [2.24, 2.45) is 0 Å². The fraction of sp³-hybridized carbons (Fsp3) is 0.211. The molecule has 0 saturated heterocycles. The second-order valence-corrected chi connectivity index (χ2v) is 6.86. The molecule has 0 spiro atoms. The molecule has 2 aromatic heterocycles. The molecule has 1 aromatic carbocycles. The lowest BCUT2D eigenvalue weighted by Gasteiger charge is -2.12. The lowest BCUT2D eigenvalue weighted by molar-refractivity contribution is 0.102. The van der Waals surface area contributed by atoms with Gasteiger partial charge in [0.25, 0.3) is 5.91 Å². The molecule has 1 amide bonds. The maximum absolute atomic E-state index is 13.1. The minimum absolute atomic E-state index is 0.129. The van der Waals surface area contributed by atoms with Crippen LogP contribution in [0.15, 0.2) is 41.8 Å². The van der Waals surface area contributed by atoms with Crippen molar-refractivity contribution in [1.82, 2.24) is 9.97 Å². The van der Waals surface area contributed by atoms with Crippen molar-refractivity contribution in [2.75, 3.05) is 5.32 Å². The van der Waals surface area contributed by atoms with Crippen LogP contribution in [0, 0.1) is 12.7 Å². The predicted octanol–water partition coefficient (Wildman–Crippen LogP) is 4.82. The zero-order chi connectivity index (χ0) is 19.4. The number of nitrogens with zero attached hydrogens (tertiary/aromatic N) is 2. The van der Waals surface area contributed by atoms with E-state index >= 15 is 0 Å². The molecule has 140 valence electrons. The van der Waals surface area contributed by atoms with E-state index in [9.17, 15) is 9.18 Å². The van der Waals surface area contributed by atoms with Crippen molar-refractivity contribution in [3.63, 3.8) is 0 Å². The fourth-order valence-corrected chi connectivity index (χ4v) is 2.85. The first-order valence-electron chi connectivity index (χ1n) is 8.24. The molecular weight excluding hydrogens is 369 g/mol. The number of benzene rings is 1. The van der Waals surface area contributed by atoms with E-state index in [1.807, 2.05) is 26.2 Å². The number of hydrogen-bond donors (Lipinski definition) is 1. The first-order chi connectivity index (χ1) is 12.9. The standard InChI is InChI=1S/C19H18FN3O3S/c1-11(2)25-16-8-13(18(24)23-19-21-12(3)10-27-19)9-17(22-16)26-15-6-4-14(20)5-7-15/h4-11H,1-3H3,(H,21,23,24). The number of halogens is 1. The molecule has 1 N–H and O–H groups in total. The normalized spacial score (nSPS) is 10.7. The summed E-state index contributed by atoms with van der Waals surface area (Å²) in [5.74, 6) is 0.0909. The molecule has 6 nitrogen and oxygen atoms in total. The number of carbonyl (C=O) groups excluding carboxylic acids is 1. The molecule has 0 atom stereocenters. The van der Waals surface area contributed by atoms with Gasteiger partial charge in [0.15, 0.2) is 5.13 Å². The van der Waals surface area contributed by atoms with Gasteiger partial charge in [0.05, 0.1) is 17.4 Å². The monoisotopic (exact) mass is 387 g/mol. The number of hydrogen-bond acceptors (Lipinski definition) is 6. The topological polar surface area (TPSA) is 73.3 Å². The summed E-state index contributed by atoms with van der Waals surface area (Å²) < 4.78 is 24.3. The molecule has 0 bridgehead atoms. The molecule has 0 unspecified atom stereocenters. The van der Waals surface area contributed by atoms with Crippen LogP contribution in [0.25, 0.3) is 0 Å². The average molecular weight is 387 g/mol. The van der Waals surface area contributed by atoms with Crippen LogP contribution in [0.2, 0.25) is 0 Å². The lowest BCUT2D eigenvalue weighted by Crippen LogP contribution is -2.14. The molecule has 2 heterocycles. The Morgan fingerprint density at radius 2 is 1.85 bits per heavy atom. The summed E-state index contributed by atoms with van der Waals surface area (Å²) in [6.07, 6.45) is -0.129. The predicted molar refractivity (Wildman–Crippen MR) is 101 cm³/mol. The van der Waals surface area contributed by atoms with Gasteiger partial charge in [-0.2, -0.15) is 4.98 Å². The summed E-state index contributed by atoms with van der Waals surface area (Å²) in [7, 11) is 0. The van der Waals surface area contributed by atoms with Gasteiger partial charge in [-0.3, -0.25) is 10.1 Å². The number of anilines is 1. The van der Waals surface area contributed by atoms with E-state index < -0.39 is 0 Å². The quantitative estimate of drug-likeness (QED) is 0.657. The van der Waals surface area contributed by atoms with Gasteiger partial charge in [-0.15, -0.1) is 11.3 Å². The lowest BCUT2D eigenvalue weighted by atomic mass is 10.2. The third-order valence-corrected chi connectivity index (χ3v) is 4.15. The summed E-state index contributed by atoms with van der Waals surface area (Å²) in [4.78, 5) is 21.0. The average Bonchev–Trinajstić information content (AvgIpc) is 3.01. The Balaban J connectivity index is 1.87. The number of nitrogens with one attached hydrogen (secondary N) is 1. The Labute approximate surface area is 160 Å². The van der Waals surface area contributed by atoms with Crippen LogP contribution >= 0.6 is 11.3 Å². The third-order valence-electron chi connectivity index (χ3n) is 3.27. The Morgan fingerprint density at radius 3 is 2.48 bits per heavy atom. The largest absolute Gasteiger partial charge is 0.475 e. The van der Waals surface area contributed by atoms with Crippen LogP contribution in [0.5, 0.6) is 17.5 Å². The van der Waals surface area contributed by atoms with Crippen molar-refractivity contribution in [3.05, 3.63) is 58.9 Å². The Bertz CT molecular complexity index is 942. The molecule has 3 rings (SSSR count). The van der Waals surface area contributed by atoms with E-state index in [1.165, 1.54) is 47.7 Å². The molecule has 0 saturated carbocycles. The molecule has 0 aliphatic heterocycles. The maximum atomic E-state index is 13.1. The summed E-state index contributed by atoms with van der Waals surface area (Å²) in [6, 6.07) is 8.54. The van der Waals surface area contributed by atoms with Crippen molar-refractivity contribution < 1.29 is 18.7 Å². The number of amides is 1. The number of pyridine rings is 1. The van der Waals surface area contributed by atoms with Crippen molar-refractivity contribution >= 4 is 22.4 Å². The molecule has 0 aliphatic rings. The highest BCUT2D eigenvalue weighted by molar-refractivity contribution is 7.13. The number of rotatable bonds is 6. The van der Waals surface area contributed by atoms with E-state index in [4.69, 9.17) is 9.47 Å². The van der Waals surface area contributed by atoms with Gasteiger partial charge in [-0.05, 0) is 45.0 Å². The maximum Gasteiger partial charge on any atom is 0.257 e. The van der Waals surface area contributed by atoms with Crippen molar-refractivity contribution in [3.8, 4) is 17.5 Å². The Morgan fingerprint density at radius 1 is 1.15 bits per heavy atom. The first kappa shape index (κ1) is 18.8. The summed E-state index contributed by atoms with van der Waals surface area (Å²) >= 11 is 1.34. The smallest absolute Gasteiger partial charge is 0.257 e. The van der Waals surface area contributed by atoms with Gasteiger partial charge in [-0.25, -0.2) is 9.37 Å². The summed E-state index contributed by atoms with van der Waals surface area (Å²) in [6.45, 7) is 5.56. The van der Waals surface area contributed by atoms with E-state index in [2.05, 4.69) is 15.3 Å². The molecule has 3 aromatic rings.